The maximum absolute atomic E-state index is 13.9. The van der Waals surface area contributed by atoms with Gasteiger partial charge in [-0.15, -0.1) is 0 Å². The largest absolute Gasteiger partial charge is 0.493 e. The smallest absolute Gasteiger partial charge is 0.240 e. The molecular weight excluding hydrogens is 556 g/mol. The van der Waals surface area contributed by atoms with Crippen LogP contribution in [-0.4, -0.2) is 44.5 Å². The minimum Gasteiger partial charge on any atom is -0.493 e. The van der Waals surface area contributed by atoms with Crippen molar-refractivity contribution in [3.8, 4) is 17.2 Å². The minimum absolute atomic E-state index is 0.0905. The fourth-order valence-electron chi connectivity index (χ4n) is 4.23. The van der Waals surface area contributed by atoms with E-state index in [0.717, 1.165) is 17.3 Å². The molecule has 0 aliphatic carbocycles. The Labute approximate surface area is 237 Å². The lowest BCUT2D eigenvalue weighted by molar-refractivity contribution is 0.353. The van der Waals surface area contributed by atoms with Gasteiger partial charge in [0.1, 0.15) is 11.6 Å². The molecule has 0 saturated carbocycles. The highest BCUT2D eigenvalue weighted by molar-refractivity contribution is 7.99. The van der Waals surface area contributed by atoms with Crippen LogP contribution in [0.4, 0.5) is 8.78 Å². The van der Waals surface area contributed by atoms with E-state index in [-0.39, 0.29) is 17.3 Å². The first kappa shape index (κ1) is 29.6. The lowest BCUT2D eigenvalue weighted by atomic mass is 9.81. The lowest BCUT2D eigenvalue weighted by Crippen LogP contribution is -2.26. The van der Waals surface area contributed by atoms with Crippen molar-refractivity contribution in [2.45, 2.75) is 36.2 Å². The highest BCUT2D eigenvalue weighted by atomic mass is 32.2. The van der Waals surface area contributed by atoms with Crippen LogP contribution < -0.4 is 14.2 Å². The average Bonchev–Trinajstić information content (AvgIpc) is 3.37. The maximum atomic E-state index is 13.9. The Morgan fingerprint density at radius 1 is 0.975 bits per heavy atom. The van der Waals surface area contributed by atoms with Crippen molar-refractivity contribution in [2.24, 2.45) is 0 Å². The highest BCUT2D eigenvalue weighted by Gasteiger charge is 2.30. The number of methoxy groups -OCH3 is 2. The van der Waals surface area contributed by atoms with Crippen LogP contribution in [0.3, 0.4) is 0 Å². The zero-order valence-corrected chi connectivity index (χ0v) is 24.5. The first-order valence-corrected chi connectivity index (χ1v) is 14.9. The minimum atomic E-state index is -3.88. The van der Waals surface area contributed by atoms with Gasteiger partial charge in [-0.1, -0.05) is 37.7 Å². The van der Waals surface area contributed by atoms with Crippen molar-refractivity contribution in [1.29, 1.82) is 0 Å². The number of rotatable bonds is 11. The van der Waals surface area contributed by atoms with E-state index in [1.165, 1.54) is 36.0 Å². The first-order valence-electron chi connectivity index (χ1n) is 12.4. The van der Waals surface area contributed by atoms with Crippen LogP contribution in [0.25, 0.3) is 5.69 Å². The molecule has 212 valence electrons. The Morgan fingerprint density at radius 3 is 2.33 bits per heavy atom. The van der Waals surface area contributed by atoms with E-state index >= 15 is 0 Å². The number of nitrogens with zero attached hydrogens (tertiary/aromatic N) is 2. The fourth-order valence-corrected chi connectivity index (χ4v) is 6.25. The predicted octanol–water partition coefficient (Wildman–Crippen LogP) is 5.87. The number of sulfonamides is 1. The number of aryl methyl sites for hydroxylation is 1. The van der Waals surface area contributed by atoms with Gasteiger partial charge in [0.25, 0.3) is 0 Å². The van der Waals surface area contributed by atoms with Gasteiger partial charge in [-0.25, -0.2) is 26.9 Å². The molecule has 4 rings (SSSR count). The third kappa shape index (κ3) is 6.16. The zero-order valence-electron chi connectivity index (χ0n) is 22.9. The van der Waals surface area contributed by atoms with Gasteiger partial charge in [0.2, 0.25) is 10.0 Å². The summed E-state index contributed by atoms with van der Waals surface area (Å²) in [5, 5.41) is 0.607. The maximum Gasteiger partial charge on any atom is 0.240 e. The number of halogens is 2. The number of aromatic nitrogens is 2. The molecule has 3 aromatic carbocycles. The second kappa shape index (κ2) is 12.0. The Balaban J connectivity index is 1.61. The molecule has 7 nitrogen and oxygen atoms in total. The lowest BCUT2D eigenvalue weighted by Gasteiger charge is -2.28. The summed E-state index contributed by atoms with van der Waals surface area (Å²) in [6.45, 7) is 5.76. The van der Waals surface area contributed by atoms with Crippen LogP contribution in [0.2, 0.25) is 0 Å². The fraction of sp³-hybridized carbons (Fsp3) is 0.276. The van der Waals surface area contributed by atoms with Crippen molar-refractivity contribution in [2.75, 3.05) is 26.5 Å². The van der Waals surface area contributed by atoms with Crippen LogP contribution >= 0.6 is 11.8 Å². The van der Waals surface area contributed by atoms with E-state index in [2.05, 4.69) is 23.6 Å². The molecule has 1 N–H and O–H groups in total. The van der Waals surface area contributed by atoms with Crippen LogP contribution in [0.15, 0.2) is 76.9 Å². The topological polar surface area (TPSA) is 82.5 Å². The summed E-state index contributed by atoms with van der Waals surface area (Å²) >= 11 is 1.35. The van der Waals surface area contributed by atoms with Gasteiger partial charge < -0.3 is 9.47 Å². The van der Waals surface area contributed by atoms with Crippen LogP contribution in [-0.2, 0) is 15.4 Å². The third-order valence-corrected chi connectivity index (χ3v) is 9.05. The SMILES string of the molecule is COc1ccc(C(C)(C)c2cnc(SCCNS(=O)(=O)c3ccc(C)c(F)c3)n2-c2ccc(F)cc2)cc1OC. The van der Waals surface area contributed by atoms with Gasteiger partial charge in [-0.3, -0.25) is 4.57 Å². The summed E-state index contributed by atoms with van der Waals surface area (Å²) in [7, 11) is -0.724. The van der Waals surface area contributed by atoms with Gasteiger partial charge in [-0.05, 0) is 66.6 Å². The number of ether oxygens (including phenoxy) is 2. The van der Waals surface area contributed by atoms with E-state index in [9.17, 15) is 17.2 Å². The molecule has 4 aromatic rings. The summed E-state index contributed by atoms with van der Waals surface area (Å²) < 4.78 is 68.4. The van der Waals surface area contributed by atoms with Crippen molar-refractivity contribution >= 4 is 21.8 Å². The van der Waals surface area contributed by atoms with E-state index in [1.807, 2.05) is 22.8 Å². The van der Waals surface area contributed by atoms with Gasteiger partial charge >= 0.3 is 0 Å². The Hall–Kier alpha value is -3.41. The number of benzene rings is 3. The van der Waals surface area contributed by atoms with E-state index in [0.29, 0.717) is 33.7 Å². The van der Waals surface area contributed by atoms with Crippen LogP contribution in [0.1, 0.15) is 30.7 Å². The molecule has 0 aliphatic heterocycles. The van der Waals surface area contributed by atoms with Crippen molar-refractivity contribution in [1.82, 2.24) is 14.3 Å². The monoisotopic (exact) mass is 587 g/mol. The van der Waals surface area contributed by atoms with Gasteiger partial charge in [0.05, 0.1) is 31.0 Å². The van der Waals surface area contributed by atoms with Crippen molar-refractivity contribution in [3.63, 3.8) is 0 Å². The molecule has 1 aromatic heterocycles. The Bertz CT molecular complexity index is 1600. The number of hydrogen-bond acceptors (Lipinski definition) is 6. The van der Waals surface area contributed by atoms with Crippen LogP contribution in [0.5, 0.6) is 11.5 Å². The zero-order chi connectivity index (χ0) is 29.1. The number of hydrogen-bond donors (Lipinski definition) is 1. The first-order chi connectivity index (χ1) is 19.0. The molecule has 0 radical (unpaired) electrons. The molecule has 0 fully saturated rings. The van der Waals surface area contributed by atoms with E-state index < -0.39 is 21.3 Å². The molecule has 0 amide bonds. The number of imidazole rings is 1. The van der Waals surface area contributed by atoms with Crippen LogP contribution in [0, 0.1) is 18.6 Å². The predicted molar refractivity (Wildman–Crippen MR) is 152 cm³/mol. The molecule has 0 spiro atoms. The molecule has 0 unspecified atom stereocenters. The molecule has 0 atom stereocenters. The number of nitrogens with one attached hydrogen (secondary N) is 1. The van der Waals surface area contributed by atoms with Crippen molar-refractivity contribution < 1.29 is 26.7 Å². The molecule has 0 aliphatic rings. The molecule has 11 heteroatoms. The molecule has 0 saturated heterocycles. The highest BCUT2D eigenvalue weighted by Crippen LogP contribution is 2.39. The standard InChI is InChI=1S/C29H31F2N3O4S2/c1-19-6-12-23(17-24(19)31)40(35,36)33-14-15-39-28-32-18-27(34(28)22-10-8-21(30)9-11-22)29(2,3)20-7-13-25(37-4)26(16-20)38-5/h6-13,16-18,33H,14-15H2,1-5H3. The second-order valence-electron chi connectivity index (χ2n) is 9.59. The Kier molecular flexibility index (Phi) is 8.86. The van der Waals surface area contributed by atoms with Gasteiger partial charge in [0.15, 0.2) is 16.7 Å². The van der Waals surface area contributed by atoms with E-state index in [1.54, 1.807) is 39.5 Å². The Morgan fingerprint density at radius 2 is 1.68 bits per heavy atom. The second-order valence-corrected chi connectivity index (χ2v) is 12.4. The molecule has 0 bridgehead atoms. The van der Waals surface area contributed by atoms with Gasteiger partial charge in [-0.2, -0.15) is 0 Å². The average molecular weight is 588 g/mol. The summed E-state index contributed by atoms with van der Waals surface area (Å²) in [6.07, 6.45) is 1.77. The van der Waals surface area contributed by atoms with Crippen molar-refractivity contribution in [3.05, 3.63) is 95.3 Å². The summed E-state index contributed by atoms with van der Waals surface area (Å²) in [5.41, 5.74) is 2.30. The molecule has 1 heterocycles. The van der Waals surface area contributed by atoms with E-state index in [4.69, 9.17) is 9.47 Å². The summed E-state index contributed by atoms with van der Waals surface area (Å²) in [6, 6.07) is 15.6. The normalized spacial score (nSPS) is 12.0. The summed E-state index contributed by atoms with van der Waals surface area (Å²) in [4.78, 5) is 4.51. The van der Waals surface area contributed by atoms with Gasteiger partial charge in [0, 0.05) is 23.4 Å². The third-order valence-electron chi connectivity index (χ3n) is 6.64. The quantitative estimate of drug-likeness (QED) is 0.175. The molecule has 40 heavy (non-hydrogen) atoms. The molecular formula is C29H31F2N3O4S2. The summed E-state index contributed by atoms with van der Waals surface area (Å²) in [5.74, 6) is 0.614. The number of thioether (sulfide) groups is 1.